The van der Waals surface area contributed by atoms with Crippen LogP contribution in [0.25, 0.3) is 0 Å². The zero-order valence-electron chi connectivity index (χ0n) is 8.80. The summed E-state index contributed by atoms with van der Waals surface area (Å²) in [6, 6.07) is 0. The van der Waals surface area contributed by atoms with Gasteiger partial charge in [-0.2, -0.15) is 8.42 Å². The number of rotatable bonds is 6. The van der Waals surface area contributed by atoms with Crippen molar-refractivity contribution in [1.29, 1.82) is 0 Å². The van der Waals surface area contributed by atoms with Crippen LogP contribution in [0.15, 0.2) is 12.7 Å². The molecular weight excluding hydrogens is 224 g/mol. The maximum Gasteiger partial charge on any atom is 0.399 e. The van der Waals surface area contributed by atoms with E-state index in [1.54, 1.807) is 0 Å². The number of hydrogen-bond donors (Lipinski definition) is 0. The molecule has 2 atom stereocenters. The summed E-state index contributed by atoms with van der Waals surface area (Å²) in [4.78, 5) is 10.8. The molecular formula is C8H14O6S. The average Bonchev–Trinajstić information content (AvgIpc) is 2.16. The molecule has 0 aliphatic rings. The normalized spacial score (nSPS) is 15.4. The predicted molar refractivity (Wildman–Crippen MR) is 52.2 cm³/mol. The van der Waals surface area contributed by atoms with Gasteiger partial charge >= 0.3 is 16.4 Å². The molecule has 0 heterocycles. The first-order valence-electron chi connectivity index (χ1n) is 4.14. The summed E-state index contributed by atoms with van der Waals surface area (Å²) < 4.78 is 35.1. The zero-order valence-corrected chi connectivity index (χ0v) is 9.61. The van der Waals surface area contributed by atoms with E-state index in [4.69, 9.17) is 4.74 Å². The predicted octanol–water partition coefficient (Wildman–Crippen LogP) is 0.400. The van der Waals surface area contributed by atoms with Gasteiger partial charge < -0.3 is 4.74 Å². The van der Waals surface area contributed by atoms with Gasteiger partial charge in [-0.15, -0.1) is 0 Å². The van der Waals surface area contributed by atoms with E-state index >= 15 is 0 Å². The summed E-state index contributed by atoms with van der Waals surface area (Å²) in [5.41, 5.74) is 0. The minimum atomic E-state index is -4.02. The van der Waals surface area contributed by atoms with Gasteiger partial charge in [0.15, 0.2) is 0 Å². The molecule has 0 amide bonds. The molecule has 0 bridgehead atoms. The largest absolute Gasteiger partial charge is 0.457 e. The summed E-state index contributed by atoms with van der Waals surface area (Å²) in [5.74, 6) is -0.646. The number of ether oxygens (including phenoxy) is 1. The van der Waals surface area contributed by atoms with Gasteiger partial charge in [0.1, 0.15) is 12.2 Å². The third-order valence-electron chi connectivity index (χ3n) is 1.60. The number of esters is 1. The standard InChI is InChI=1S/C8H14O6S/c1-5-8(9)13-6(2)7(3)14-15(10,11)12-4/h5-7H,1H2,2-4H3. The van der Waals surface area contributed by atoms with Gasteiger partial charge in [-0.3, -0.25) is 4.18 Å². The van der Waals surface area contributed by atoms with Crippen LogP contribution in [0.4, 0.5) is 0 Å². The Morgan fingerprint density at radius 3 is 2.27 bits per heavy atom. The molecule has 0 radical (unpaired) electrons. The third-order valence-corrected chi connectivity index (χ3v) is 2.55. The SMILES string of the molecule is C=CC(=O)OC(C)C(C)OS(=O)(=O)OC. The lowest BCUT2D eigenvalue weighted by atomic mass is 10.3. The highest BCUT2D eigenvalue weighted by molar-refractivity contribution is 7.81. The van der Waals surface area contributed by atoms with Gasteiger partial charge in [-0.1, -0.05) is 6.58 Å². The van der Waals surface area contributed by atoms with Crippen LogP contribution in [0.3, 0.4) is 0 Å². The first-order valence-corrected chi connectivity index (χ1v) is 5.47. The van der Waals surface area contributed by atoms with Crippen molar-refractivity contribution < 1.29 is 26.3 Å². The second kappa shape index (κ2) is 5.84. The van der Waals surface area contributed by atoms with Crippen molar-refractivity contribution in [2.24, 2.45) is 0 Å². The molecule has 0 aromatic rings. The van der Waals surface area contributed by atoms with Crippen LogP contribution >= 0.6 is 0 Å². The smallest absolute Gasteiger partial charge is 0.399 e. The summed E-state index contributed by atoms with van der Waals surface area (Å²) >= 11 is 0. The zero-order chi connectivity index (χ0) is 12.1. The minimum absolute atomic E-state index is 0.646. The molecule has 0 rings (SSSR count). The van der Waals surface area contributed by atoms with Crippen molar-refractivity contribution in [3.8, 4) is 0 Å². The number of hydrogen-bond acceptors (Lipinski definition) is 6. The van der Waals surface area contributed by atoms with Gasteiger partial charge in [0.05, 0.1) is 7.11 Å². The van der Waals surface area contributed by atoms with Crippen LogP contribution in [-0.4, -0.2) is 33.7 Å². The van der Waals surface area contributed by atoms with E-state index in [1.807, 2.05) is 0 Å². The van der Waals surface area contributed by atoms with E-state index in [-0.39, 0.29) is 0 Å². The van der Waals surface area contributed by atoms with Crippen LogP contribution in [0.2, 0.25) is 0 Å². The van der Waals surface area contributed by atoms with Gasteiger partial charge in [0, 0.05) is 6.08 Å². The highest BCUT2D eigenvalue weighted by Crippen LogP contribution is 2.08. The third kappa shape index (κ3) is 5.50. The molecule has 6 nitrogen and oxygen atoms in total. The summed E-state index contributed by atoms with van der Waals surface area (Å²) in [6.45, 7) is 6.14. The summed E-state index contributed by atoms with van der Waals surface area (Å²) in [5, 5.41) is 0. The Morgan fingerprint density at radius 1 is 1.33 bits per heavy atom. The van der Waals surface area contributed by atoms with Crippen molar-refractivity contribution in [2.45, 2.75) is 26.1 Å². The number of carbonyl (C=O) groups is 1. The van der Waals surface area contributed by atoms with Gasteiger partial charge in [0.25, 0.3) is 0 Å². The van der Waals surface area contributed by atoms with Crippen LogP contribution in [0.5, 0.6) is 0 Å². The molecule has 7 heteroatoms. The molecule has 88 valence electrons. The van der Waals surface area contributed by atoms with Crippen LogP contribution in [-0.2, 0) is 28.3 Å². The molecule has 0 aromatic heterocycles. The minimum Gasteiger partial charge on any atom is -0.457 e. The van der Waals surface area contributed by atoms with E-state index in [1.165, 1.54) is 13.8 Å². The van der Waals surface area contributed by atoms with Crippen molar-refractivity contribution >= 4 is 16.4 Å². The van der Waals surface area contributed by atoms with Crippen molar-refractivity contribution in [2.75, 3.05) is 7.11 Å². The van der Waals surface area contributed by atoms with Crippen LogP contribution < -0.4 is 0 Å². The molecule has 0 N–H and O–H groups in total. The second-order valence-corrected chi connectivity index (χ2v) is 4.06. The van der Waals surface area contributed by atoms with E-state index in [9.17, 15) is 13.2 Å². The molecule has 0 saturated heterocycles. The molecule has 0 saturated carbocycles. The van der Waals surface area contributed by atoms with Gasteiger partial charge in [-0.25, -0.2) is 8.98 Å². The lowest BCUT2D eigenvalue weighted by Gasteiger charge is -2.18. The monoisotopic (exact) mass is 238 g/mol. The molecule has 0 aliphatic carbocycles. The topological polar surface area (TPSA) is 78.9 Å². The Bertz CT molecular complexity index is 320. The Hall–Kier alpha value is -0.920. The van der Waals surface area contributed by atoms with E-state index in [0.717, 1.165) is 13.2 Å². The number of carbonyl (C=O) groups excluding carboxylic acids is 1. The lowest BCUT2D eigenvalue weighted by molar-refractivity contribution is -0.146. The molecule has 0 spiro atoms. The average molecular weight is 238 g/mol. The van der Waals surface area contributed by atoms with Crippen LogP contribution in [0, 0.1) is 0 Å². The summed E-state index contributed by atoms with van der Waals surface area (Å²) in [6.07, 6.45) is -0.576. The maximum absolute atomic E-state index is 10.9. The Balaban J connectivity index is 4.27. The van der Waals surface area contributed by atoms with Gasteiger partial charge in [-0.05, 0) is 13.8 Å². The molecule has 15 heavy (non-hydrogen) atoms. The maximum atomic E-state index is 10.9. The lowest BCUT2D eigenvalue weighted by Crippen LogP contribution is -2.30. The Kier molecular flexibility index (Phi) is 5.48. The highest BCUT2D eigenvalue weighted by Gasteiger charge is 2.22. The quantitative estimate of drug-likeness (QED) is 0.492. The summed E-state index contributed by atoms with van der Waals surface area (Å²) in [7, 11) is -3.05. The Morgan fingerprint density at radius 2 is 1.87 bits per heavy atom. The van der Waals surface area contributed by atoms with E-state index < -0.39 is 28.6 Å². The molecule has 0 aliphatic heterocycles. The van der Waals surface area contributed by atoms with E-state index in [2.05, 4.69) is 14.9 Å². The fourth-order valence-corrected chi connectivity index (χ4v) is 1.24. The first kappa shape index (κ1) is 14.1. The fraction of sp³-hybridized carbons (Fsp3) is 0.625. The fourth-order valence-electron chi connectivity index (χ4n) is 0.631. The molecule has 0 fully saturated rings. The Labute approximate surface area is 89.1 Å². The van der Waals surface area contributed by atoms with Crippen molar-refractivity contribution in [3.05, 3.63) is 12.7 Å². The molecule has 2 unspecified atom stereocenters. The van der Waals surface area contributed by atoms with E-state index in [0.29, 0.717) is 0 Å². The van der Waals surface area contributed by atoms with Gasteiger partial charge in [0.2, 0.25) is 0 Å². The highest BCUT2D eigenvalue weighted by atomic mass is 32.3. The van der Waals surface area contributed by atoms with Crippen molar-refractivity contribution in [3.63, 3.8) is 0 Å². The van der Waals surface area contributed by atoms with Crippen molar-refractivity contribution in [1.82, 2.24) is 0 Å². The first-order chi connectivity index (χ1) is 6.82. The van der Waals surface area contributed by atoms with Crippen LogP contribution in [0.1, 0.15) is 13.8 Å². The second-order valence-electron chi connectivity index (χ2n) is 2.72. The molecule has 0 aromatic carbocycles.